The van der Waals surface area contributed by atoms with Crippen molar-refractivity contribution in [3.63, 3.8) is 0 Å². The van der Waals surface area contributed by atoms with E-state index in [2.05, 4.69) is 20.8 Å². The number of anilines is 2. The van der Waals surface area contributed by atoms with Gasteiger partial charge in [0.25, 0.3) is 5.91 Å². The first kappa shape index (κ1) is 17.8. The molecular formula is C19H17N5O3. The fourth-order valence-corrected chi connectivity index (χ4v) is 2.44. The van der Waals surface area contributed by atoms with Crippen LogP contribution in [0.15, 0.2) is 54.4 Å². The number of nitriles is 1. The maximum atomic E-state index is 12.4. The van der Waals surface area contributed by atoms with Crippen molar-refractivity contribution < 1.29 is 14.3 Å². The van der Waals surface area contributed by atoms with Crippen LogP contribution in [0.1, 0.15) is 0 Å². The summed E-state index contributed by atoms with van der Waals surface area (Å²) in [5.41, 5.74) is 1.98. The van der Waals surface area contributed by atoms with Crippen molar-refractivity contribution in [1.29, 1.82) is 5.26 Å². The highest BCUT2D eigenvalue weighted by Crippen LogP contribution is 2.29. The van der Waals surface area contributed by atoms with E-state index in [-0.39, 0.29) is 5.57 Å². The maximum absolute atomic E-state index is 12.4. The normalized spacial score (nSPS) is 10.9. The van der Waals surface area contributed by atoms with Crippen molar-refractivity contribution in [2.24, 2.45) is 0 Å². The third kappa shape index (κ3) is 3.99. The summed E-state index contributed by atoms with van der Waals surface area (Å²) in [4.78, 5) is 12.4. The average Bonchev–Trinajstić information content (AvgIpc) is 3.16. The van der Waals surface area contributed by atoms with Crippen molar-refractivity contribution in [2.45, 2.75) is 0 Å². The average molecular weight is 363 g/mol. The summed E-state index contributed by atoms with van der Waals surface area (Å²) in [5, 5.41) is 22.7. The van der Waals surface area contributed by atoms with E-state index in [1.807, 2.05) is 24.3 Å². The molecule has 3 aromatic rings. The predicted molar refractivity (Wildman–Crippen MR) is 102 cm³/mol. The summed E-state index contributed by atoms with van der Waals surface area (Å²) >= 11 is 0. The Morgan fingerprint density at radius 1 is 1.15 bits per heavy atom. The SMILES string of the molecule is COc1ccc(NC(=O)/C(C#N)=C\Nc2ccc3cn[nH]c3c2)cc1OC. The smallest absolute Gasteiger partial charge is 0.267 e. The van der Waals surface area contributed by atoms with Crippen LogP contribution in [-0.2, 0) is 4.79 Å². The third-order valence-corrected chi connectivity index (χ3v) is 3.83. The molecule has 136 valence electrons. The number of hydrogen-bond donors (Lipinski definition) is 3. The topological polar surface area (TPSA) is 112 Å². The number of rotatable bonds is 6. The highest BCUT2D eigenvalue weighted by atomic mass is 16.5. The second-order valence-electron chi connectivity index (χ2n) is 5.51. The van der Waals surface area contributed by atoms with Crippen LogP contribution in [0, 0.1) is 11.3 Å². The molecule has 8 heteroatoms. The Hall–Kier alpha value is -3.99. The number of carbonyl (C=O) groups is 1. The molecule has 0 saturated carbocycles. The van der Waals surface area contributed by atoms with Crippen LogP contribution in [0.5, 0.6) is 11.5 Å². The molecule has 1 aromatic heterocycles. The lowest BCUT2D eigenvalue weighted by Crippen LogP contribution is -2.14. The van der Waals surface area contributed by atoms with Crippen molar-refractivity contribution in [2.75, 3.05) is 24.9 Å². The molecule has 27 heavy (non-hydrogen) atoms. The van der Waals surface area contributed by atoms with Crippen molar-refractivity contribution in [3.05, 3.63) is 54.4 Å². The van der Waals surface area contributed by atoms with E-state index in [0.717, 1.165) is 16.6 Å². The molecule has 0 aliphatic heterocycles. The van der Waals surface area contributed by atoms with E-state index in [1.165, 1.54) is 20.4 Å². The van der Waals surface area contributed by atoms with Gasteiger partial charge in [-0.1, -0.05) is 0 Å². The van der Waals surface area contributed by atoms with E-state index in [4.69, 9.17) is 9.47 Å². The Kier molecular flexibility index (Phi) is 5.23. The molecule has 0 fully saturated rings. The molecule has 0 unspecified atom stereocenters. The lowest BCUT2D eigenvalue weighted by atomic mass is 10.2. The van der Waals surface area contributed by atoms with E-state index >= 15 is 0 Å². The Morgan fingerprint density at radius 2 is 1.93 bits per heavy atom. The minimum Gasteiger partial charge on any atom is -0.493 e. The highest BCUT2D eigenvalue weighted by Gasteiger charge is 2.11. The number of ether oxygens (including phenoxy) is 2. The molecule has 0 bridgehead atoms. The van der Waals surface area contributed by atoms with Crippen LogP contribution in [0.25, 0.3) is 10.9 Å². The number of methoxy groups -OCH3 is 2. The summed E-state index contributed by atoms with van der Waals surface area (Å²) in [7, 11) is 3.03. The number of nitrogens with one attached hydrogen (secondary N) is 3. The zero-order valence-corrected chi connectivity index (χ0v) is 14.7. The van der Waals surface area contributed by atoms with Gasteiger partial charge in [-0.3, -0.25) is 9.89 Å². The van der Waals surface area contributed by atoms with Gasteiger partial charge in [0.1, 0.15) is 11.6 Å². The van der Waals surface area contributed by atoms with Crippen molar-refractivity contribution >= 4 is 28.2 Å². The van der Waals surface area contributed by atoms with Crippen molar-refractivity contribution in [3.8, 4) is 17.6 Å². The molecular weight excluding hydrogens is 346 g/mol. The van der Waals surface area contributed by atoms with Gasteiger partial charge in [-0.2, -0.15) is 10.4 Å². The number of H-pyrrole nitrogens is 1. The number of carbonyl (C=O) groups excluding carboxylic acids is 1. The molecule has 1 heterocycles. The predicted octanol–water partition coefficient (Wildman–Crippen LogP) is 3.04. The van der Waals surface area contributed by atoms with Gasteiger partial charge in [0.2, 0.25) is 0 Å². The Morgan fingerprint density at radius 3 is 2.67 bits per heavy atom. The molecule has 0 atom stereocenters. The van der Waals surface area contributed by atoms with E-state index in [0.29, 0.717) is 17.2 Å². The number of hydrogen-bond acceptors (Lipinski definition) is 6. The van der Waals surface area contributed by atoms with E-state index in [9.17, 15) is 10.1 Å². The monoisotopic (exact) mass is 363 g/mol. The third-order valence-electron chi connectivity index (χ3n) is 3.83. The molecule has 3 N–H and O–H groups in total. The number of amides is 1. The van der Waals surface area contributed by atoms with Crippen molar-refractivity contribution in [1.82, 2.24) is 10.2 Å². The first-order chi connectivity index (χ1) is 13.1. The van der Waals surface area contributed by atoms with Crippen LogP contribution >= 0.6 is 0 Å². The van der Waals surface area contributed by atoms with Gasteiger partial charge in [0.05, 0.1) is 25.9 Å². The van der Waals surface area contributed by atoms with Gasteiger partial charge in [-0.25, -0.2) is 0 Å². The van der Waals surface area contributed by atoms with Gasteiger partial charge in [0, 0.05) is 29.0 Å². The van der Waals surface area contributed by atoms with Crippen LogP contribution in [0.2, 0.25) is 0 Å². The molecule has 0 aliphatic carbocycles. The highest BCUT2D eigenvalue weighted by molar-refractivity contribution is 6.06. The van der Waals surface area contributed by atoms with Crippen LogP contribution in [0.3, 0.4) is 0 Å². The minimum atomic E-state index is -0.542. The number of aromatic nitrogens is 2. The van der Waals surface area contributed by atoms with Crippen LogP contribution in [-0.4, -0.2) is 30.3 Å². The number of aromatic amines is 1. The fraction of sp³-hybridized carbons (Fsp3) is 0.105. The molecule has 3 rings (SSSR count). The lowest BCUT2D eigenvalue weighted by molar-refractivity contribution is -0.112. The summed E-state index contributed by atoms with van der Waals surface area (Å²) in [5.74, 6) is 0.478. The van der Waals surface area contributed by atoms with Gasteiger partial charge in [0.15, 0.2) is 11.5 Å². The molecule has 8 nitrogen and oxygen atoms in total. The maximum Gasteiger partial charge on any atom is 0.267 e. The summed E-state index contributed by atoms with van der Waals surface area (Å²) in [6, 6.07) is 12.4. The quantitative estimate of drug-likeness (QED) is 0.458. The standard InChI is InChI=1S/C19H17N5O3/c1-26-17-6-5-15(8-18(17)27-2)23-19(25)13(9-20)10-21-14-4-3-12-11-22-24-16(12)7-14/h3-8,10-11,21H,1-2H3,(H,22,24)(H,23,25)/b13-10-. The summed E-state index contributed by atoms with van der Waals surface area (Å²) in [6.07, 6.45) is 3.07. The molecule has 0 radical (unpaired) electrons. The fourth-order valence-electron chi connectivity index (χ4n) is 2.44. The number of nitrogens with zero attached hydrogens (tertiary/aromatic N) is 2. The van der Waals surface area contributed by atoms with Gasteiger partial charge < -0.3 is 20.1 Å². The summed E-state index contributed by atoms with van der Waals surface area (Å²) < 4.78 is 10.4. The van der Waals surface area contributed by atoms with E-state index in [1.54, 1.807) is 24.4 Å². The molecule has 0 spiro atoms. The van der Waals surface area contributed by atoms with Crippen LogP contribution < -0.4 is 20.1 Å². The van der Waals surface area contributed by atoms with Gasteiger partial charge >= 0.3 is 0 Å². The largest absolute Gasteiger partial charge is 0.493 e. The molecule has 0 aliphatic rings. The first-order valence-electron chi connectivity index (χ1n) is 7.98. The Labute approximate surface area is 155 Å². The van der Waals surface area contributed by atoms with E-state index < -0.39 is 5.91 Å². The Bertz CT molecular complexity index is 1050. The Balaban J connectivity index is 1.73. The zero-order chi connectivity index (χ0) is 19.2. The van der Waals surface area contributed by atoms with Gasteiger partial charge in [-0.15, -0.1) is 0 Å². The lowest BCUT2D eigenvalue weighted by Gasteiger charge is -2.10. The zero-order valence-electron chi connectivity index (χ0n) is 14.7. The number of fused-ring (bicyclic) bond motifs is 1. The van der Waals surface area contributed by atoms with Crippen LogP contribution in [0.4, 0.5) is 11.4 Å². The molecule has 1 amide bonds. The second kappa shape index (κ2) is 7.93. The summed E-state index contributed by atoms with van der Waals surface area (Å²) in [6.45, 7) is 0. The minimum absolute atomic E-state index is 0.0745. The first-order valence-corrected chi connectivity index (χ1v) is 7.98. The molecule has 0 saturated heterocycles. The number of benzene rings is 2. The van der Waals surface area contributed by atoms with Gasteiger partial charge in [-0.05, 0) is 30.3 Å². The second-order valence-corrected chi connectivity index (χ2v) is 5.51. The molecule has 2 aromatic carbocycles.